The van der Waals surface area contributed by atoms with Gasteiger partial charge in [0.2, 0.25) is 0 Å². The fraction of sp³-hybridized carbons (Fsp3) is 0.267. The van der Waals surface area contributed by atoms with E-state index in [0.717, 1.165) is 30.4 Å². The summed E-state index contributed by atoms with van der Waals surface area (Å²) in [5.74, 6) is 0.176. The van der Waals surface area contributed by atoms with Crippen molar-refractivity contribution in [3.8, 4) is 5.75 Å². The van der Waals surface area contributed by atoms with Gasteiger partial charge in [-0.1, -0.05) is 12.1 Å². The summed E-state index contributed by atoms with van der Waals surface area (Å²) in [6.07, 6.45) is 5.62. The van der Waals surface area contributed by atoms with E-state index in [2.05, 4.69) is 5.32 Å². The average molecular weight is 257 g/mol. The number of carbonyl (C=O) groups is 1. The predicted octanol–water partition coefficient (Wildman–Crippen LogP) is 2.79. The summed E-state index contributed by atoms with van der Waals surface area (Å²) in [4.78, 5) is 12.0. The molecular formula is C15H15NO3. The van der Waals surface area contributed by atoms with Crippen LogP contribution in [0.2, 0.25) is 0 Å². The molecule has 1 aromatic heterocycles. The van der Waals surface area contributed by atoms with Crippen LogP contribution in [0.4, 0.5) is 0 Å². The number of nitrogens with one attached hydrogen (secondary N) is 1. The lowest BCUT2D eigenvalue weighted by atomic mass is 9.87. The van der Waals surface area contributed by atoms with Crippen molar-refractivity contribution in [1.29, 1.82) is 0 Å². The molecule has 19 heavy (non-hydrogen) atoms. The quantitative estimate of drug-likeness (QED) is 0.869. The average Bonchev–Trinajstić information content (AvgIpc) is 2.94. The molecule has 98 valence electrons. The van der Waals surface area contributed by atoms with Gasteiger partial charge in [-0.2, -0.15) is 0 Å². The molecule has 4 heteroatoms. The Hall–Kier alpha value is -2.23. The van der Waals surface area contributed by atoms with Crippen molar-refractivity contribution in [1.82, 2.24) is 5.32 Å². The van der Waals surface area contributed by atoms with Gasteiger partial charge >= 0.3 is 0 Å². The zero-order valence-corrected chi connectivity index (χ0v) is 10.4. The van der Waals surface area contributed by atoms with Crippen molar-refractivity contribution >= 4 is 5.91 Å². The first-order chi connectivity index (χ1) is 9.25. The number of carbonyl (C=O) groups excluding carboxylic acids is 1. The number of hydrogen-bond acceptors (Lipinski definition) is 3. The maximum atomic E-state index is 12.0. The van der Waals surface area contributed by atoms with E-state index in [0.29, 0.717) is 11.3 Å². The molecule has 0 radical (unpaired) electrons. The highest BCUT2D eigenvalue weighted by atomic mass is 16.3. The minimum absolute atomic E-state index is 0.0433. The number of hydrogen-bond donors (Lipinski definition) is 2. The Morgan fingerprint density at radius 1 is 1.37 bits per heavy atom. The lowest BCUT2D eigenvalue weighted by molar-refractivity contribution is 0.0932. The normalized spacial score (nSPS) is 17.8. The van der Waals surface area contributed by atoms with E-state index < -0.39 is 0 Å². The van der Waals surface area contributed by atoms with Gasteiger partial charge in [0.05, 0.1) is 17.9 Å². The van der Waals surface area contributed by atoms with Crippen LogP contribution >= 0.6 is 0 Å². The van der Waals surface area contributed by atoms with Crippen molar-refractivity contribution in [3.63, 3.8) is 0 Å². The molecule has 2 aromatic rings. The number of rotatable bonds is 2. The Morgan fingerprint density at radius 3 is 3.05 bits per heavy atom. The van der Waals surface area contributed by atoms with Crippen molar-refractivity contribution in [2.75, 3.05) is 0 Å². The first-order valence-electron chi connectivity index (χ1n) is 6.39. The molecule has 1 aromatic carbocycles. The monoisotopic (exact) mass is 257 g/mol. The molecule has 1 atom stereocenters. The van der Waals surface area contributed by atoms with Gasteiger partial charge in [-0.25, -0.2) is 0 Å². The highest BCUT2D eigenvalue weighted by Gasteiger charge is 2.24. The molecule has 0 unspecified atom stereocenters. The molecule has 0 spiro atoms. The van der Waals surface area contributed by atoms with E-state index in [9.17, 15) is 9.90 Å². The summed E-state index contributed by atoms with van der Waals surface area (Å²) in [7, 11) is 0. The van der Waals surface area contributed by atoms with Crippen molar-refractivity contribution in [3.05, 3.63) is 53.5 Å². The lowest BCUT2D eigenvalue weighted by Gasteiger charge is -2.26. The molecule has 1 heterocycles. The van der Waals surface area contributed by atoms with E-state index in [1.54, 1.807) is 12.1 Å². The lowest BCUT2D eigenvalue weighted by Crippen LogP contribution is -2.30. The number of amides is 1. The van der Waals surface area contributed by atoms with Gasteiger partial charge in [-0.05, 0) is 42.5 Å². The first kappa shape index (κ1) is 11.8. The highest BCUT2D eigenvalue weighted by Crippen LogP contribution is 2.34. The van der Waals surface area contributed by atoms with Crippen LogP contribution < -0.4 is 5.32 Å². The Morgan fingerprint density at radius 2 is 2.26 bits per heavy atom. The van der Waals surface area contributed by atoms with E-state index in [1.807, 2.05) is 12.1 Å². The van der Waals surface area contributed by atoms with Crippen molar-refractivity contribution < 1.29 is 14.3 Å². The SMILES string of the molecule is O=C(N[C@@H]1CCCc2c(O)cccc21)c1ccoc1. The summed E-state index contributed by atoms with van der Waals surface area (Å²) < 4.78 is 4.91. The zero-order valence-electron chi connectivity index (χ0n) is 10.4. The molecule has 0 aliphatic heterocycles. The summed E-state index contributed by atoms with van der Waals surface area (Å²) in [6.45, 7) is 0. The second-order valence-corrected chi connectivity index (χ2v) is 4.78. The Labute approximate surface area is 111 Å². The molecule has 3 rings (SSSR count). The molecule has 1 amide bonds. The number of aromatic hydroxyl groups is 1. The number of phenols is 1. The smallest absolute Gasteiger partial charge is 0.255 e. The largest absolute Gasteiger partial charge is 0.508 e. The Balaban J connectivity index is 1.84. The van der Waals surface area contributed by atoms with Gasteiger partial charge in [0.15, 0.2) is 0 Å². The van der Waals surface area contributed by atoms with Gasteiger partial charge < -0.3 is 14.8 Å². The topological polar surface area (TPSA) is 62.5 Å². The van der Waals surface area contributed by atoms with E-state index in [-0.39, 0.29) is 11.9 Å². The van der Waals surface area contributed by atoms with Gasteiger partial charge in [0.25, 0.3) is 5.91 Å². The van der Waals surface area contributed by atoms with E-state index >= 15 is 0 Å². The molecule has 2 N–H and O–H groups in total. The molecule has 0 saturated carbocycles. The summed E-state index contributed by atoms with van der Waals surface area (Å²) in [5.41, 5.74) is 2.49. The molecule has 0 bridgehead atoms. The second-order valence-electron chi connectivity index (χ2n) is 4.78. The van der Waals surface area contributed by atoms with Crippen LogP contribution in [0.1, 0.15) is 40.4 Å². The molecule has 1 aliphatic carbocycles. The Bertz CT molecular complexity index is 589. The second kappa shape index (κ2) is 4.80. The molecule has 1 aliphatic rings. The van der Waals surface area contributed by atoms with Gasteiger partial charge in [-0.3, -0.25) is 4.79 Å². The molecule has 0 saturated heterocycles. The number of phenolic OH excluding ortho intramolecular Hbond substituents is 1. The third-order valence-electron chi connectivity index (χ3n) is 3.57. The molecular weight excluding hydrogens is 242 g/mol. The van der Waals surface area contributed by atoms with Crippen molar-refractivity contribution in [2.45, 2.75) is 25.3 Å². The van der Waals surface area contributed by atoms with Crippen LogP contribution in [-0.2, 0) is 6.42 Å². The number of furan rings is 1. The van der Waals surface area contributed by atoms with E-state index in [1.165, 1.54) is 12.5 Å². The van der Waals surface area contributed by atoms with Crippen LogP contribution in [0.5, 0.6) is 5.75 Å². The number of fused-ring (bicyclic) bond motifs is 1. The maximum absolute atomic E-state index is 12.0. The predicted molar refractivity (Wildman–Crippen MR) is 70.0 cm³/mol. The summed E-state index contributed by atoms with van der Waals surface area (Å²) >= 11 is 0. The van der Waals surface area contributed by atoms with Gasteiger partial charge in [0.1, 0.15) is 12.0 Å². The third-order valence-corrected chi connectivity index (χ3v) is 3.57. The molecule has 0 fully saturated rings. The fourth-order valence-corrected chi connectivity index (χ4v) is 2.61. The number of benzene rings is 1. The standard InChI is InChI=1S/C15H15NO3/c17-14-6-2-3-11-12(14)4-1-5-13(11)16-15(18)10-7-8-19-9-10/h2-3,6-9,13,17H,1,4-5H2,(H,16,18)/t13-/m1/s1. The fourth-order valence-electron chi connectivity index (χ4n) is 2.61. The van der Waals surface area contributed by atoms with Crippen LogP contribution in [0.25, 0.3) is 0 Å². The van der Waals surface area contributed by atoms with Gasteiger partial charge in [-0.15, -0.1) is 0 Å². The minimum atomic E-state index is -0.144. The molecule has 4 nitrogen and oxygen atoms in total. The summed E-state index contributed by atoms with van der Waals surface area (Å²) in [5, 5.41) is 12.9. The van der Waals surface area contributed by atoms with Crippen LogP contribution in [0.3, 0.4) is 0 Å². The van der Waals surface area contributed by atoms with Crippen LogP contribution in [-0.4, -0.2) is 11.0 Å². The first-order valence-corrected chi connectivity index (χ1v) is 6.39. The summed E-state index contributed by atoms with van der Waals surface area (Å²) in [6, 6.07) is 7.07. The highest BCUT2D eigenvalue weighted by molar-refractivity contribution is 5.94. The van der Waals surface area contributed by atoms with Crippen LogP contribution in [0, 0.1) is 0 Å². The van der Waals surface area contributed by atoms with E-state index in [4.69, 9.17) is 4.42 Å². The van der Waals surface area contributed by atoms with Crippen molar-refractivity contribution in [2.24, 2.45) is 0 Å². The minimum Gasteiger partial charge on any atom is -0.508 e. The van der Waals surface area contributed by atoms with Crippen LogP contribution in [0.15, 0.2) is 41.2 Å². The third kappa shape index (κ3) is 2.21. The maximum Gasteiger partial charge on any atom is 0.255 e. The van der Waals surface area contributed by atoms with Gasteiger partial charge in [0, 0.05) is 0 Å². The zero-order chi connectivity index (χ0) is 13.2. The Kier molecular flexibility index (Phi) is 2.99.